The van der Waals surface area contributed by atoms with Crippen molar-refractivity contribution in [1.29, 1.82) is 5.26 Å². The van der Waals surface area contributed by atoms with Crippen molar-refractivity contribution in [3.05, 3.63) is 126 Å². The number of hydrogen-bond acceptors (Lipinski definition) is 8. The van der Waals surface area contributed by atoms with Crippen LogP contribution in [0.3, 0.4) is 0 Å². The summed E-state index contributed by atoms with van der Waals surface area (Å²) >= 11 is 4.80. The summed E-state index contributed by atoms with van der Waals surface area (Å²) in [6, 6.07) is 33.4. The lowest BCUT2D eigenvalue weighted by Gasteiger charge is -2.39. The molecule has 8 nitrogen and oxygen atoms in total. The van der Waals surface area contributed by atoms with Crippen molar-refractivity contribution in [3.8, 4) is 17.6 Å². The molecule has 0 amide bonds. The number of nitriles is 1. The summed E-state index contributed by atoms with van der Waals surface area (Å²) in [5.74, 6) is 1.51. The number of ether oxygens (including phenoxy) is 4. The van der Waals surface area contributed by atoms with Crippen molar-refractivity contribution >= 4 is 53.7 Å². The fourth-order valence-electron chi connectivity index (χ4n) is 6.79. The molecule has 0 radical (unpaired) electrons. The summed E-state index contributed by atoms with van der Waals surface area (Å²) in [7, 11) is 1.81. The lowest BCUT2D eigenvalue weighted by atomic mass is 9.80. The van der Waals surface area contributed by atoms with E-state index in [9.17, 15) is 5.26 Å². The predicted molar refractivity (Wildman–Crippen MR) is 227 cm³/mol. The number of benzene rings is 4. The van der Waals surface area contributed by atoms with E-state index in [1.165, 1.54) is 9.13 Å². The third-order valence-corrected chi connectivity index (χ3v) is 13.6. The van der Waals surface area contributed by atoms with Crippen molar-refractivity contribution in [3.63, 3.8) is 0 Å². The number of halogens is 2. The predicted octanol–water partition coefficient (Wildman–Crippen LogP) is 10.7. The minimum Gasteiger partial charge on any atom is -0.497 e. The van der Waals surface area contributed by atoms with Crippen molar-refractivity contribution < 1.29 is 28.0 Å². The van der Waals surface area contributed by atoms with Gasteiger partial charge in [-0.3, -0.25) is 0 Å². The maximum absolute atomic E-state index is 9.35. The Labute approximate surface area is 343 Å². The third kappa shape index (κ3) is 9.92. The van der Waals surface area contributed by atoms with Crippen LogP contribution in [-0.2, 0) is 24.1 Å². The molecule has 5 rings (SSSR count). The fraction of sp³-hybridized carbons (Fsp3) is 0.405. The Kier molecular flexibility index (Phi) is 15.4. The molecule has 4 aromatic carbocycles. The Morgan fingerprint density at radius 2 is 1.42 bits per heavy atom. The van der Waals surface area contributed by atoms with Gasteiger partial charge < -0.3 is 28.0 Å². The Morgan fingerprint density at radius 1 is 0.849 bits per heavy atom. The summed E-state index contributed by atoms with van der Waals surface area (Å²) in [6.07, 6.45) is -0.111. The Hall–Kier alpha value is -2.34. The molecule has 0 bridgehead atoms. The van der Waals surface area contributed by atoms with E-state index in [0.717, 1.165) is 37.3 Å². The van der Waals surface area contributed by atoms with Crippen LogP contribution in [0.25, 0.3) is 0 Å². The number of hydrogen-bond donors (Lipinski definition) is 0. The quantitative estimate of drug-likeness (QED) is 0.0448. The summed E-state index contributed by atoms with van der Waals surface area (Å²) < 4.78 is 43.6. The Morgan fingerprint density at radius 3 is 1.94 bits per heavy atom. The van der Waals surface area contributed by atoms with Gasteiger partial charge in [0.15, 0.2) is 0 Å². The number of methoxy groups -OCH3 is 2. The molecule has 4 atom stereocenters. The molecule has 0 saturated carbocycles. The van der Waals surface area contributed by atoms with Crippen LogP contribution in [0.15, 0.2) is 91.0 Å². The molecule has 1 aliphatic heterocycles. The van der Waals surface area contributed by atoms with Gasteiger partial charge in [0.25, 0.3) is 8.53 Å². The van der Waals surface area contributed by atoms with Crippen LogP contribution in [0.1, 0.15) is 74.5 Å². The van der Waals surface area contributed by atoms with Crippen LogP contribution in [-0.4, -0.2) is 56.4 Å². The molecule has 4 aromatic rings. The van der Waals surface area contributed by atoms with Crippen LogP contribution >= 0.6 is 53.7 Å². The monoisotopic (exact) mass is 962 g/mol. The standard InChI is InChI=1S/C42H49I2N2O6P/c1-28(2)46(29(3)4)53(50-23-11-22-45)52-40-26-39(36-24-30(5)37(43)25-38(36)44)51-41(40)27-49-42(31-12-9-8-10-13-31,32-14-18-34(47-6)19-15-32)33-16-20-35(48-7)21-17-33/h8-10,12-21,24-25,28-29,39-41H,11,23,26-27H2,1-7H3/t39-,40+,41-,53?/m1/s1. The summed E-state index contributed by atoms with van der Waals surface area (Å²) in [5.41, 5.74) is 4.18. The molecule has 1 fully saturated rings. The van der Waals surface area contributed by atoms with E-state index >= 15 is 0 Å². The minimum atomic E-state index is -1.53. The highest BCUT2D eigenvalue weighted by Crippen LogP contribution is 2.51. The molecule has 0 spiro atoms. The van der Waals surface area contributed by atoms with Gasteiger partial charge in [-0.05, 0) is 138 Å². The topological polar surface area (TPSA) is 82.4 Å². The molecule has 1 saturated heterocycles. The Bertz CT molecular complexity index is 1750. The molecular formula is C42H49I2N2O6P. The maximum atomic E-state index is 9.35. The van der Waals surface area contributed by atoms with Gasteiger partial charge in [-0.25, -0.2) is 4.67 Å². The van der Waals surface area contributed by atoms with E-state index < -0.39 is 20.2 Å². The van der Waals surface area contributed by atoms with E-state index in [2.05, 4.69) is 139 Å². The first-order valence-corrected chi connectivity index (χ1v) is 21.2. The average Bonchev–Trinajstić information content (AvgIpc) is 3.56. The molecule has 11 heteroatoms. The SMILES string of the molecule is COc1ccc(C(OC[C@H]2O[C@@H](c3cc(C)c(I)cc3I)C[C@@H]2OP(OCCC#N)N(C(C)C)C(C)C)(c2ccccc2)c2ccc(OC)cc2)cc1. The van der Waals surface area contributed by atoms with Gasteiger partial charge in [-0.2, -0.15) is 5.26 Å². The molecule has 0 aliphatic carbocycles. The third-order valence-electron chi connectivity index (χ3n) is 9.35. The van der Waals surface area contributed by atoms with Crippen LogP contribution in [0, 0.1) is 25.4 Å². The van der Waals surface area contributed by atoms with Crippen LogP contribution < -0.4 is 9.47 Å². The van der Waals surface area contributed by atoms with Gasteiger partial charge in [0.05, 0.1) is 52.1 Å². The zero-order valence-electron chi connectivity index (χ0n) is 31.4. The first-order valence-electron chi connectivity index (χ1n) is 17.9. The van der Waals surface area contributed by atoms with E-state index in [-0.39, 0.29) is 43.9 Å². The van der Waals surface area contributed by atoms with Crippen molar-refractivity contribution in [1.82, 2.24) is 4.67 Å². The van der Waals surface area contributed by atoms with Gasteiger partial charge in [0.2, 0.25) is 0 Å². The summed E-state index contributed by atoms with van der Waals surface area (Å²) in [4.78, 5) is 0. The highest BCUT2D eigenvalue weighted by Gasteiger charge is 2.45. The van der Waals surface area contributed by atoms with E-state index in [4.69, 9.17) is 28.0 Å². The van der Waals surface area contributed by atoms with Gasteiger partial charge in [-0.15, -0.1) is 0 Å². The first-order chi connectivity index (χ1) is 25.5. The van der Waals surface area contributed by atoms with Crippen LogP contribution in [0.2, 0.25) is 0 Å². The summed E-state index contributed by atoms with van der Waals surface area (Å²) in [5, 5.41) is 9.35. The number of rotatable bonds is 17. The van der Waals surface area contributed by atoms with Crippen molar-refractivity contribution in [2.45, 2.75) is 83.5 Å². The van der Waals surface area contributed by atoms with E-state index in [1.807, 2.05) is 42.5 Å². The van der Waals surface area contributed by atoms with Crippen molar-refractivity contribution in [2.24, 2.45) is 0 Å². The normalized spacial score (nSPS) is 18.1. The fourth-order valence-corrected chi connectivity index (χ4v) is 10.4. The number of aryl methyl sites for hydroxylation is 1. The Balaban J connectivity index is 1.60. The second-order valence-electron chi connectivity index (χ2n) is 13.5. The van der Waals surface area contributed by atoms with Gasteiger partial charge >= 0.3 is 0 Å². The highest BCUT2D eigenvalue weighted by molar-refractivity contribution is 14.1. The first kappa shape index (κ1) is 41.8. The minimum absolute atomic E-state index is 0.159. The largest absolute Gasteiger partial charge is 0.497 e. The molecular weight excluding hydrogens is 913 g/mol. The van der Waals surface area contributed by atoms with Crippen LogP contribution in [0.4, 0.5) is 0 Å². The van der Waals surface area contributed by atoms with E-state index in [1.54, 1.807) is 14.2 Å². The van der Waals surface area contributed by atoms with Crippen molar-refractivity contribution in [2.75, 3.05) is 27.4 Å². The van der Waals surface area contributed by atoms with Gasteiger partial charge in [0, 0.05) is 25.6 Å². The molecule has 1 heterocycles. The van der Waals surface area contributed by atoms with Crippen LogP contribution in [0.5, 0.6) is 11.5 Å². The zero-order chi connectivity index (χ0) is 38.1. The molecule has 53 heavy (non-hydrogen) atoms. The second-order valence-corrected chi connectivity index (χ2v) is 17.3. The van der Waals surface area contributed by atoms with E-state index in [0.29, 0.717) is 6.42 Å². The molecule has 282 valence electrons. The number of nitrogens with zero attached hydrogens (tertiary/aromatic N) is 2. The zero-order valence-corrected chi connectivity index (χ0v) is 36.6. The lowest BCUT2D eigenvalue weighted by molar-refractivity contribution is -0.0807. The van der Waals surface area contributed by atoms with Gasteiger partial charge in [0.1, 0.15) is 23.2 Å². The molecule has 1 aliphatic rings. The molecule has 0 aromatic heterocycles. The highest BCUT2D eigenvalue weighted by atomic mass is 127. The maximum Gasteiger partial charge on any atom is 0.259 e. The summed E-state index contributed by atoms with van der Waals surface area (Å²) in [6.45, 7) is 11.2. The lowest BCUT2D eigenvalue weighted by Crippen LogP contribution is -2.39. The molecule has 0 N–H and O–H groups in total. The smallest absolute Gasteiger partial charge is 0.259 e. The molecule has 1 unspecified atom stereocenters. The second kappa shape index (κ2) is 19.5. The van der Waals surface area contributed by atoms with Gasteiger partial charge in [-0.1, -0.05) is 60.7 Å². The average molecular weight is 963 g/mol.